The first-order valence-corrected chi connectivity index (χ1v) is 9.56. The zero-order valence-electron chi connectivity index (χ0n) is 16.2. The molecule has 2 heterocycles. The number of aromatic nitrogens is 4. The number of carbonyl (C=O) groups is 1. The number of carbonyl (C=O) groups excluding carboxylic acids is 1. The fourth-order valence-electron chi connectivity index (χ4n) is 3.23. The molecule has 0 bridgehead atoms. The smallest absolute Gasteiger partial charge is 0.251 e. The van der Waals surface area contributed by atoms with Gasteiger partial charge in [-0.1, -0.05) is 18.2 Å². The third-order valence-electron chi connectivity index (χ3n) is 4.59. The predicted molar refractivity (Wildman–Crippen MR) is 113 cm³/mol. The largest absolute Gasteiger partial charge is 0.354 e. The third kappa shape index (κ3) is 4.24. The molecule has 0 aliphatic rings. The molecule has 1 amide bonds. The predicted octanol–water partition coefficient (Wildman–Crippen LogP) is 3.36. The summed E-state index contributed by atoms with van der Waals surface area (Å²) in [6.45, 7) is 3.22. The minimum Gasteiger partial charge on any atom is -0.354 e. The fraction of sp³-hybridized carbons (Fsp3) is 0.182. The molecule has 0 aliphatic carbocycles. The van der Waals surface area contributed by atoms with E-state index in [-0.39, 0.29) is 5.91 Å². The summed E-state index contributed by atoms with van der Waals surface area (Å²) in [6, 6.07) is 17.5. The van der Waals surface area contributed by atoms with Crippen LogP contribution < -0.4 is 10.6 Å². The lowest BCUT2D eigenvalue weighted by Crippen LogP contribution is -2.25. The summed E-state index contributed by atoms with van der Waals surface area (Å²) in [7, 11) is 0. The van der Waals surface area contributed by atoms with E-state index in [1.807, 2.05) is 55.5 Å². The van der Waals surface area contributed by atoms with Crippen LogP contribution in [0.3, 0.4) is 0 Å². The SMILES string of the molecule is Cc1nc2cc(C(=O)NCCCNc3ncccn3)ccc2n1-c1ccccc1. The van der Waals surface area contributed by atoms with Crippen LogP contribution in [0, 0.1) is 6.92 Å². The molecule has 0 atom stereocenters. The van der Waals surface area contributed by atoms with Crippen LogP contribution in [-0.2, 0) is 0 Å². The van der Waals surface area contributed by atoms with E-state index >= 15 is 0 Å². The van der Waals surface area contributed by atoms with Gasteiger partial charge in [-0.15, -0.1) is 0 Å². The molecule has 0 fully saturated rings. The van der Waals surface area contributed by atoms with E-state index in [1.165, 1.54) is 0 Å². The molecule has 2 aromatic heterocycles. The Labute approximate surface area is 168 Å². The van der Waals surface area contributed by atoms with Gasteiger partial charge in [0, 0.05) is 36.7 Å². The molecule has 0 saturated carbocycles. The van der Waals surface area contributed by atoms with Crippen LogP contribution >= 0.6 is 0 Å². The Bertz CT molecular complexity index is 1110. The molecule has 7 heteroatoms. The lowest BCUT2D eigenvalue weighted by atomic mass is 10.2. The maximum atomic E-state index is 12.5. The minimum atomic E-state index is -0.102. The van der Waals surface area contributed by atoms with Crippen molar-refractivity contribution >= 4 is 22.9 Å². The Balaban J connectivity index is 1.38. The highest BCUT2D eigenvalue weighted by atomic mass is 16.1. The van der Waals surface area contributed by atoms with Crippen molar-refractivity contribution in [1.82, 2.24) is 24.8 Å². The first-order chi connectivity index (χ1) is 14.2. The van der Waals surface area contributed by atoms with Crippen LogP contribution in [0.25, 0.3) is 16.7 Å². The number of imidazole rings is 1. The van der Waals surface area contributed by atoms with Crippen molar-refractivity contribution in [3.63, 3.8) is 0 Å². The molecular formula is C22H22N6O. The standard InChI is InChI=1S/C22H22N6O/c1-16-27-19-15-17(9-10-20(19)28(16)18-7-3-2-4-8-18)21(29)23-11-5-12-24-22-25-13-6-14-26-22/h2-4,6-10,13-15H,5,11-12H2,1H3,(H,23,29)(H,24,25,26). The highest BCUT2D eigenvalue weighted by Gasteiger charge is 2.12. The van der Waals surface area contributed by atoms with Crippen molar-refractivity contribution in [2.24, 2.45) is 0 Å². The first kappa shape index (κ1) is 18.6. The number of anilines is 1. The van der Waals surface area contributed by atoms with Crippen LogP contribution in [0.5, 0.6) is 0 Å². The minimum absolute atomic E-state index is 0.102. The zero-order chi connectivity index (χ0) is 20.1. The lowest BCUT2D eigenvalue weighted by molar-refractivity contribution is 0.0953. The maximum Gasteiger partial charge on any atom is 0.251 e. The average Bonchev–Trinajstić information content (AvgIpc) is 3.09. The number of para-hydroxylation sites is 1. The summed E-state index contributed by atoms with van der Waals surface area (Å²) in [4.78, 5) is 25.3. The van der Waals surface area contributed by atoms with Crippen LogP contribution in [-0.4, -0.2) is 38.5 Å². The highest BCUT2D eigenvalue weighted by molar-refractivity contribution is 5.97. The van der Waals surface area contributed by atoms with Crippen molar-refractivity contribution < 1.29 is 4.79 Å². The van der Waals surface area contributed by atoms with Crippen molar-refractivity contribution in [2.45, 2.75) is 13.3 Å². The van der Waals surface area contributed by atoms with Crippen molar-refractivity contribution in [1.29, 1.82) is 0 Å². The molecule has 2 N–H and O–H groups in total. The van der Waals surface area contributed by atoms with Gasteiger partial charge < -0.3 is 10.6 Å². The van der Waals surface area contributed by atoms with E-state index < -0.39 is 0 Å². The Morgan fingerprint density at radius 1 is 1.00 bits per heavy atom. The van der Waals surface area contributed by atoms with E-state index in [9.17, 15) is 4.79 Å². The van der Waals surface area contributed by atoms with Crippen LogP contribution in [0.1, 0.15) is 22.6 Å². The number of benzene rings is 2. The molecule has 4 rings (SSSR count). The van der Waals surface area contributed by atoms with Crippen molar-refractivity contribution in [3.05, 3.63) is 78.4 Å². The Hall–Kier alpha value is -3.74. The number of aryl methyl sites for hydroxylation is 1. The second-order valence-corrected chi connectivity index (χ2v) is 6.64. The fourth-order valence-corrected chi connectivity index (χ4v) is 3.23. The van der Waals surface area contributed by atoms with E-state index in [0.717, 1.165) is 29.0 Å². The van der Waals surface area contributed by atoms with Crippen LogP contribution in [0.4, 0.5) is 5.95 Å². The number of nitrogens with zero attached hydrogens (tertiary/aromatic N) is 4. The van der Waals surface area contributed by atoms with Gasteiger partial charge in [-0.05, 0) is 49.7 Å². The Morgan fingerprint density at radius 2 is 1.79 bits per heavy atom. The monoisotopic (exact) mass is 386 g/mol. The zero-order valence-corrected chi connectivity index (χ0v) is 16.2. The van der Waals surface area contributed by atoms with Gasteiger partial charge in [-0.25, -0.2) is 15.0 Å². The number of hydrogen-bond acceptors (Lipinski definition) is 5. The lowest BCUT2D eigenvalue weighted by Gasteiger charge is -2.08. The summed E-state index contributed by atoms with van der Waals surface area (Å²) >= 11 is 0. The van der Waals surface area contributed by atoms with Gasteiger partial charge in [0.05, 0.1) is 11.0 Å². The summed E-state index contributed by atoms with van der Waals surface area (Å²) in [5, 5.41) is 6.07. The molecule has 0 unspecified atom stereocenters. The molecular weight excluding hydrogens is 364 g/mol. The van der Waals surface area contributed by atoms with Crippen LogP contribution in [0.2, 0.25) is 0 Å². The summed E-state index contributed by atoms with van der Waals surface area (Å²) in [6.07, 6.45) is 4.15. The number of fused-ring (bicyclic) bond motifs is 1. The molecule has 4 aromatic rings. The van der Waals surface area contributed by atoms with Gasteiger partial charge >= 0.3 is 0 Å². The van der Waals surface area contributed by atoms with Gasteiger partial charge in [-0.3, -0.25) is 9.36 Å². The second-order valence-electron chi connectivity index (χ2n) is 6.64. The topological polar surface area (TPSA) is 84.7 Å². The number of rotatable bonds is 7. The molecule has 0 spiro atoms. The Kier molecular flexibility index (Phi) is 5.47. The summed E-state index contributed by atoms with van der Waals surface area (Å²) < 4.78 is 2.09. The average molecular weight is 386 g/mol. The van der Waals surface area contributed by atoms with E-state index in [0.29, 0.717) is 24.6 Å². The third-order valence-corrected chi connectivity index (χ3v) is 4.59. The van der Waals surface area contributed by atoms with Gasteiger partial charge in [0.2, 0.25) is 5.95 Å². The molecule has 29 heavy (non-hydrogen) atoms. The molecule has 0 radical (unpaired) electrons. The quantitative estimate of drug-likeness (QED) is 0.476. The molecule has 0 saturated heterocycles. The first-order valence-electron chi connectivity index (χ1n) is 9.56. The van der Waals surface area contributed by atoms with E-state index in [1.54, 1.807) is 18.5 Å². The van der Waals surface area contributed by atoms with Crippen molar-refractivity contribution in [2.75, 3.05) is 18.4 Å². The summed E-state index contributed by atoms with van der Waals surface area (Å²) in [5.41, 5.74) is 3.45. The molecule has 7 nitrogen and oxygen atoms in total. The van der Waals surface area contributed by atoms with Crippen LogP contribution in [0.15, 0.2) is 67.0 Å². The number of amides is 1. The Morgan fingerprint density at radius 3 is 2.59 bits per heavy atom. The second kappa shape index (κ2) is 8.52. The normalized spacial score (nSPS) is 10.8. The number of hydrogen-bond donors (Lipinski definition) is 2. The van der Waals surface area contributed by atoms with Gasteiger partial charge in [-0.2, -0.15) is 0 Å². The van der Waals surface area contributed by atoms with Gasteiger partial charge in [0.1, 0.15) is 5.82 Å². The van der Waals surface area contributed by atoms with E-state index in [4.69, 9.17) is 0 Å². The van der Waals surface area contributed by atoms with Gasteiger partial charge in [0.15, 0.2) is 0 Å². The molecule has 146 valence electrons. The number of nitrogens with one attached hydrogen (secondary N) is 2. The molecule has 2 aromatic carbocycles. The van der Waals surface area contributed by atoms with Crippen molar-refractivity contribution in [3.8, 4) is 5.69 Å². The maximum absolute atomic E-state index is 12.5. The van der Waals surface area contributed by atoms with Gasteiger partial charge in [0.25, 0.3) is 5.91 Å². The summed E-state index contributed by atoms with van der Waals surface area (Å²) in [5.74, 6) is 1.38. The van der Waals surface area contributed by atoms with E-state index in [2.05, 4.69) is 30.2 Å². The highest BCUT2D eigenvalue weighted by Crippen LogP contribution is 2.22. The molecule has 0 aliphatic heterocycles.